The van der Waals surface area contributed by atoms with Crippen molar-refractivity contribution in [3.63, 3.8) is 0 Å². The lowest BCUT2D eigenvalue weighted by Crippen LogP contribution is -2.50. The van der Waals surface area contributed by atoms with Crippen LogP contribution in [-0.2, 0) is 19.1 Å². The summed E-state index contributed by atoms with van der Waals surface area (Å²) >= 11 is 0. The van der Waals surface area contributed by atoms with Crippen LogP contribution in [0.3, 0.4) is 0 Å². The first-order chi connectivity index (χ1) is 10.7. The second-order valence-electron chi connectivity index (χ2n) is 7.33. The molecule has 2 bridgehead atoms. The van der Waals surface area contributed by atoms with Crippen molar-refractivity contribution in [2.45, 2.75) is 50.7 Å². The molecule has 2 atom stereocenters. The largest absolute Gasteiger partial charge is 0.347 e. The summed E-state index contributed by atoms with van der Waals surface area (Å²) < 4.78 is 11.4. The van der Waals surface area contributed by atoms with E-state index in [4.69, 9.17) is 9.47 Å². The summed E-state index contributed by atoms with van der Waals surface area (Å²) in [5.41, 5.74) is 0. The van der Waals surface area contributed by atoms with Crippen molar-refractivity contribution >= 4 is 11.7 Å². The van der Waals surface area contributed by atoms with Gasteiger partial charge in [0.2, 0.25) is 5.91 Å². The van der Waals surface area contributed by atoms with Crippen molar-refractivity contribution in [3.05, 3.63) is 0 Å². The van der Waals surface area contributed by atoms with Gasteiger partial charge in [-0.1, -0.05) is 6.42 Å². The highest BCUT2D eigenvalue weighted by molar-refractivity contribution is 5.88. The molecule has 4 fully saturated rings. The third kappa shape index (κ3) is 2.48. The zero-order valence-electron chi connectivity index (χ0n) is 13.1. The first-order valence-corrected chi connectivity index (χ1v) is 8.77. The number of hydrogen-bond donors (Lipinski definition) is 0. The van der Waals surface area contributed by atoms with E-state index in [-0.39, 0.29) is 23.7 Å². The fourth-order valence-corrected chi connectivity index (χ4v) is 4.79. The van der Waals surface area contributed by atoms with E-state index < -0.39 is 5.79 Å². The molecule has 4 aliphatic rings. The van der Waals surface area contributed by atoms with Gasteiger partial charge in [0.15, 0.2) is 5.79 Å². The lowest BCUT2D eigenvalue weighted by Gasteiger charge is -2.42. The number of amides is 1. The van der Waals surface area contributed by atoms with Gasteiger partial charge in [-0.3, -0.25) is 9.59 Å². The van der Waals surface area contributed by atoms with Gasteiger partial charge in [0.05, 0.1) is 13.2 Å². The van der Waals surface area contributed by atoms with E-state index in [0.29, 0.717) is 19.0 Å². The number of hydrogen-bond acceptors (Lipinski definition) is 4. The van der Waals surface area contributed by atoms with E-state index in [1.807, 2.05) is 4.90 Å². The lowest BCUT2D eigenvalue weighted by atomic mass is 9.67. The van der Waals surface area contributed by atoms with Gasteiger partial charge in [-0.05, 0) is 25.7 Å². The standard InChI is InChI=1S/C17H25NO4/c19-15-12-2-1-3-13(15)11-14(10-12)16(20)18-6-4-17(5-7-18)21-8-9-22-17/h12-14H,1-11H2. The third-order valence-electron chi connectivity index (χ3n) is 6.05. The molecule has 0 aromatic rings. The average molecular weight is 307 g/mol. The molecule has 5 nitrogen and oxygen atoms in total. The summed E-state index contributed by atoms with van der Waals surface area (Å²) in [6.45, 7) is 2.78. The number of rotatable bonds is 1. The fourth-order valence-electron chi connectivity index (χ4n) is 4.79. The fraction of sp³-hybridized carbons (Fsp3) is 0.882. The van der Waals surface area contributed by atoms with Crippen LogP contribution < -0.4 is 0 Å². The van der Waals surface area contributed by atoms with E-state index in [0.717, 1.165) is 58.0 Å². The van der Waals surface area contributed by atoms with E-state index >= 15 is 0 Å². The van der Waals surface area contributed by atoms with Crippen molar-refractivity contribution in [3.8, 4) is 0 Å². The number of likely N-dealkylation sites (tertiary alicyclic amines) is 1. The molecule has 0 aromatic heterocycles. The molecular weight excluding hydrogens is 282 g/mol. The smallest absolute Gasteiger partial charge is 0.225 e. The average Bonchev–Trinajstić information content (AvgIpc) is 2.95. The normalized spacial score (nSPS) is 37.5. The molecule has 2 aliphatic carbocycles. The van der Waals surface area contributed by atoms with Gasteiger partial charge in [0.25, 0.3) is 0 Å². The van der Waals surface area contributed by atoms with Gasteiger partial charge >= 0.3 is 0 Å². The number of ether oxygens (including phenoxy) is 2. The van der Waals surface area contributed by atoms with Crippen LogP contribution in [0.2, 0.25) is 0 Å². The van der Waals surface area contributed by atoms with Gasteiger partial charge in [-0.2, -0.15) is 0 Å². The Kier molecular flexibility index (Phi) is 3.73. The highest BCUT2D eigenvalue weighted by Gasteiger charge is 2.45. The van der Waals surface area contributed by atoms with Crippen LogP contribution in [0.4, 0.5) is 0 Å². The van der Waals surface area contributed by atoms with Crippen molar-refractivity contribution in [1.29, 1.82) is 0 Å². The maximum absolute atomic E-state index is 12.8. The quantitative estimate of drug-likeness (QED) is 0.740. The Hall–Kier alpha value is -0.940. The number of piperidine rings is 1. The van der Waals surface area contributed by atoms with Gasteiger partial charge in [0.1, 0.15) is 5.78 Å². The maximum Gasteiger partial charge on any atom is 0.225 e. The van der Waals surface area contributed by atoms with Crippen LogP contribution in [0.5, 0.6) is 0 Å². The van der Waals surface area contributed by atoms with Gasteiger partial charge in [0, 0.05) is 43.7 Å². The first kappa shape index (κ1) is 14.6. The maximum atomic E-state index is 12.8. The minimum Gasteiger partial charge on any atom is -0.347 e. The molecule has 22 heavy (non-hydrogen) atoms. The molecule has 1 amide bonds. The minimum atomic E-state index is -0.421. The van der Waals surface area contributed by atoms with Crippen LogP contribution in [0, 0.1) is 17.8 Å². The molecule has 2 heterocycles. The Labute approximate surface area is 131 Å². The van der Waals surface area contributed by atoms with E-state index in [2.05, 4.69) is 0 Å². The zero-order chi connectivity index (χ0) is 15.2. The third-order valence-corrected chi connectivity index (χ3v) is 6.05. The molecular formula is C17H25NO4. The molecule has 0 aromatic carbocycles. The van der Waals surface area contributed by atoms with Gasteiger partial charge in [-0.15, -0.1) is 0 Å². The molecule has 5 heteroatoms. The van der Waals surface area contributed by atoms with Crippen LogP contribution in [0.15, 0.2) is 0 Å². The molecule has 2 aliphatic heterocycles. The Morgan fingerprint density at radius 2 is 1.64 bits per heavy atom. The number of Topliss-reactive ketones (excluding diaryl/α,β-unsaturated/α-hetero) is 1. The van der Waals surface area contributed by atoms with E-state index in [1.54, 1.807) is 0 Å². The first-order valence-electron chi connectivity index (χ1n) is 8.77. The van der Waals surface area contributed by atoms with Crippen molar-refractivity contribution < 1.29 is 19.1 Å². The number of nitrogens with zero attached hydrogens (tertiary/aromatic N) is 1. The SMILES string of the molecule is O=C1C2CCCC1CC(C(=O)N1CCC3(CC1)OCCO3)C2. The van der Waals surface area contributed by atoms with E-state index in [1.165, 1.54) is 0 Å². The number of carbonyl (C=O) groups is 2. The van der Waals surface area contributed by atoms with Crippen LogP contribution in [0.1, 0.15) is 44.9 Å². The molecule has 2 saturated carbocycles. The van der Waals surface area contributed by atoms with Gasteiger partial charge in [-0.25, -0.2) is 0 Å². The molecule has 2 unspecified atom stereocenters. The summed E-state index contributed by atoms with van der Waals surface area (Å²) in [5, 5.41) is 0. The Morgan fingerprint density at radius 3 is 2.23 bits per heavy atom. The molecule has 122 valence electrons. The Morgan fingerprint density at radius 1 is 1.05 bits per heavy atom. The Balaban J connectivity index is 1.37. The van der Waals surface area contributed by atoms with Crippen LogP contribution in [0.25, 0.3) is 0 Å². The minimum absolute atomic E-state index is 0.0625. The predicted octanol–water partition coefficient (Wildman–Crippen LogP) is 1.75. The molecule has 0 radical (unpaired) electrons. The van der Waals surface area contributed by atoms with Gasteiger partial charge < -0.3 is 14.4 Å². The monoisotopic (exact) mass is 307 g/mol. The van der Waals surface area contributed by atoms with Crippen LogP contribution in [-0.4, -0.2) is 48.7 Å². The number of ketones is 1. The summed E-state index contributed by atoms with van der Waals surface area (Å²) in [4.78, 5) is 27.0. The topological polar surface area (TPSA) is 55.8 Å². The predicted molar refractivity (Wildman–Crippen MR) is 79.0 cm³/mol. The highest BCUT2D eigenvalue weighted by Crippen LogP contribution is 2.41. The summed E-state index contributed by atoms with van der Waals surface area (Å²) in [6.07, 6.45) is 6.25. The van der Waals surface area contributed by atoms with Crippen molar-refractivity contribution in [2.75, 3.05) is 26.3 Å². The van der Waals surface area contributed by atoms with E-state index in [9.17, 15) is 9.59 Å². The molecule has 4 rings (SSSR count). The van der Waals surface area contributed by atoms with Crippen molar-refractivity contribution in [2.24, 2.45) is 17.8 Å². The summed E-state index contributed by atoms with van der Waals surface area (Å²) in [6, 6.07) is 0. The molecule has 0 N–H and O–H groups in total. The summed E-state index contributed by atoms with van der Waals surface area (Å²) in [5.74, 6) is 0.638. The second-order valence-corrected chi connectivity index (χ2v) is 7.33. The number of fused-ring (bicyclic) bond motifs is 2. The molecule has 2 saturated heterocycles. The summed E-state index contributed by atoms with van der Waals surface area (Å²) in [7, 11) is 0. The highest BCUT2D eigenvalue weighted by atomic mass is 16.7. The lowest BCUT2D eigenvalue weighted by molar-refractivity contribution is -0.188. The zero-order valence-corrected chi connectivity index (χ0v) is 13.1. The number of carbonyl (C=O) groups excluding carboxylic acids is 2. The molecule has 1 spiro atoms. The van der Waals surface area contributed by atoms with Crippen molar-refractivity contribution in [1.82, 2.24) is 4.90 Å². The Bertz CT molecular complexity index is 445. The second kappa shape index (κ2) is 5.60. The van der Waals surface area contributed by atoms with Crippen LogP contribution >= 0.6 is 0 Å².